The van der Waals surface area contributed by atoms with Gasteiger partial charge in [0.15, 0.2) is 0 Å². The first-order valence-electron chi connectivity index (χ1n) is 15.9. The number of pyridine rings is 1. The molecule has 2 N–H and O–H groups in total. The number of carbonyl (C=O) groups excluding carboxylic acids is 1. The number of carbonyl (C=O) groups is 2. The largest absolute Gasteiger partial charge is 0.465 e. The zero-order valence-corrected chi connectivity index (χ0v) is 27.7. The predicted molar refractivity (Wildman–Crippen MR) is 171 cm³/mol. The number of nitrogens with zero attached hydrogens (tertiary/aromatic N) is 4. The van der Waals surface area contributed by atoms with Gasteiger partial charge in [0, 0.05) is 67.9 Å². The Morgan fingerprint density at radius 2 is 1.80 bits per heavy atom. The Morgan fingerprint density at radius 3 is 2.42 bits per heavy atom. The highest BCUT2D eigenvalue weighted by Crippen LogP contribution is 2.42. The number of aromatic nitrogens is 1. The standard InChI is InChI=1S/C34H48FN5O5/c1-22-19-45-13-12-37(22)16-26-17-40(31(43)44)34(7,32(2,3)4)21-38(26)18-28(41)39-20-33(5,6)29-27(39)15-24(30(42)36-29)14-23-8-10-25(35)11-9-23/h8-11,15,22,26H,12-14,16-21H2,1-7H3,(H,36,42)(H,43,44)/t22-,26+,34+/m1/s1. The third-order valence-electron chi connectivity index (χ3n) is 10.4. The lowest BCUT2D eigenvalue weighted by Gasteiger charge is -2.57. The van der Waals surface area contributed by atoms with E-state index in [0.29, 0.717) is 50.5 Å². The van der Waals surface area contributed by atoms with E-state index < -0.39 is 17.0 Å². The highest BCUT2D eigenvalue weighted by atomic mass is 19.1. The van der Waals surface area contributed by atoms with Crippen molar-refractivity contribution in [3.8, 4) is 0 Å². The van der Waals surface area contributed by atoms with Gasteiger partial charge >= 0.3 is 6.09 Å². The van der Waals surface area contributed by atoms with Crippen molar-refractivity contribution < 1.29 is 23.8 Å². The van der Waals surface area contributed by atoms with Gasteiger partial charge in [-0.2, -0.15) is 0 Å². The van der Waals surface area contributed by atoms with Crippen molar-refractivity contribution in [1.82, 2.24) is 19.7 Å². The van der Waals surface area contributed by atoms with Crippen LogP contribution in [0.5, 0.6) is 0 Å². The van der Waals surface area contributed by atoms with Crippen molar-refractivity contribution in [2.75, 3.05) is 57.4 Å². The van der Waals surface area contributed by atoms with Gasteiger partial charge < -0.3 is 19.7 Å². The Balaban J connectivity index is 1.46. The van der Waals surface area contributed by atoms with E-state index in [1.54, 1.807) is 28.0 Å². The summed E-state index contributed by atoms with van der Waals surface area (Å²) < 4.78 is 19.1. The third kappa shape index (κ3) is 6.53. The van der Waals surface area contributed by atoms with Crippen molar-refractivity contribution in [3.05, 3.63) is 63.3 Å². The second-order valence-electron chi connectivity index (χ2n) is 14.9. The number of nitrogens with one attached hydrogen (secondary N) is 1. The van der Waals surface area contributed by atoms with Crippen LogP contribution in [0.1, 0.15) is 65.3 Å². The predicted octanol–water partition coefficient (Wildman–Crippen LogP) is 3.92. The van der Waals surface area contributed by atoms with Gasteiger partial charge in [-0.3, -0.25) is 24.3 Å². The van der Waals surface area contributed by atoms with E-state index in [1.165, 1.54) is 12.1 Å². The van der Waals surface area contributed by atoms with Crippen LogP contribution in [0.15, 0.2) is 35.1 Å². The highest BCUT2D eigenvalue weighted by Gasteiger charge is 2.52. The van der Waals surface area contributed by atoms with Gasteiger partial charge in [-0.05, 0) is 43.0 Å². The summed E-state index contributed by atoms with van der Waals surface area (Å²) in [5, 5.41) is 10.3. The fourth-order valence-corrected chi connectivity index (χ4v) is 7.01. The molecule has 0 spiro atoms. The SMILES string of the molecule is C[C@@H]1COCCN1C[C@H]1CN(C(=O)O)[C@](C)(C(C)(C)C)CN1CC(=O)N1CC(C)(C)c2[nH]c(=O)c(Cc3ccc(F)cc3)cc21. The van der Waals surface area contributed by atoms with E-state index in [1.807, 2.05) is 41.5 Å². The smallest absolute Gasteiger partial charge is 0.407 e. The minimum atomic E-state index is -0.953. The number of H-pyrrole nitrogens is 1. The minimum Gasteiger partial charge on any atom is -0.465 e. The molecule has 246 valence electrons. The number of piperazine rings is 1. The molecule has 1 aromatic carbocycles. The first kappa shape index (κ1) is 33.1. The fourth-order valence-electron chi connectivity index (χ4n) is 7.01. The number of benzene rings is 1. The molecule has 5 rings (SSSR count). The van der Waals surface area contributed by atoms with E-state index in [-0.39, 0.29) is 47.9 Å². The molecular weight excluding hydrogens is 577 g/mol. The van der Waals surface area contributed by atoms with Crippen molar-refractivity contribution in [1.29, 1.82) is 0 Å². The number of rotatable bonds is 6. The average Bonchev–Trinajstić information content (AvgIpc) is 3.21. The Bertz CT molecular complexity index is 1490. The monoisotopic (exact) mass is 625 g/mol. The number of aromatic amines is 1. The molecule has 11 heteroatoms. The molecule has 2 aromatic rings. The number of ether oxygens (including phenoxy) is 1. The summed E-state index contributed by atoms with van der Waals surface area (Å²) in [5.41, 5.74) is 0.901. The zero-order chi connectivity index (χ0) is 32.9. The molecule has 0 aliphatic carbocycles. The van der Waals surface area contributed by atoms with Gasteiger partial charge in [0.1, 0.15) is 5.82 Å². The van der Waals surface area contributed by atoms with Crippen molar-refractivity contribution in [2.45, 2.75) is 77.9 Å². The van der Waals surface area contributed by atoms with Crippen LogP contribution in [0.4, 0.5) is 14.9 Å². The van der Waals surface area contributed by atoms with Crippen LogP contribution in [0, 0.1) is 11.2 Å². The molecule has 1 aromatic heterocycles. The summed E-state index contributed by atoms with van der Waals surface area (Å²) in [7, 11) is 0. The maximum atomic E-state index is 14.3. The van der Waals surface area contributed by atoms with Crippen molar-refractivity contribution in [3.63, 3.8) is 0 Å². The van der Waals surface area contributed by atoms with E-state index in [0.717, 1.165) is 17.8 Å². The summed E-state index contributed by atoms with van der Waals surface area (Å²) in [6, 6.07) is 7.87. The van der Waals surface area contributed by atoms with Gasteiger partial charge in [0.2, 0.25) is 5.91 Å². The fraction of sp³-hybridized carbons (Fsp3) is 0.618. The maximum absolute atomic E-state index is 14.3. The number of halogens is 1. The normalized spacial score (nSPS) is 25.8. The van der Waals surface area contributed by atoms with Crippen LogP contribution in [-0.2, 0) is 21.4 Å². The van der Waals surface area contributed by atoms with Crippen LogP contribution in [0.25, 0.3) is 0 Å². The highest BCUT2D eigenvalue weighted by molar-refractivity contribution is 5.97. The lowest BCUT2D eigenvalue weighted by atomic mass is 9.71. The minimum absolute atomic E-state index is 0.0957. The first-order chi connectivity index (χ1) is 21.0. The number of hydrogen-bond donors (Lipinski definition) is 2. The molecule has 2 fully saturated rings. The lowest BCUT2D eigenvalue weighted by molar-refractivity contribution is -0.125. The Hall–Kier alpha value is -3.28. The Morgan fingerprint density at radius 1 is 1.11 bits per heavy atom. The quantitative estimate of drug-likeness (QED) is 0.501. The zero-order valence-electron chi connectivity index (χ0n) is 27.7. The van der Waals surface area contributed by atoms with E-state index in [4.69, 9.17) is 4.74 Å². The summed E-state index contributed by atoms with van der Waals surface area (Å²) in [4.78, 5) is 51.0. The van der Waals surface area contributed by atoms with Gasteiger partial charge in [0.05, 0.1) is 31.0 Å². The summed E-state index contributed by atoms with van der Waals surface area (Å²) in [6.07, 6.45) is -0.641. The molecule has 0 unspecified atom stereocenters. The molecule has 45 heavy (non-hydrogen) atoms. The molecule has 4 heterocycles. The van der Waals surface area contributed by atoms with Crippen LogP contribution in [0.2, 0.25) is 0 Å². The number of fused-ring (bicyclic) bond motifs is 1. The molecule has 3 aliphatic rings. The molecule has 3 atom stereocenters. The van der Waals surface area contributed by atoms with Crippen molar-refractivity contribution >= 4 is 17.7 Å². The van der Waals surface area contributed by atoms with Crippen LogP contribution >= 0.6 is 0 Å². The van der Waals surface area contributed by atoms with Gasteiger partial charge in [-0.25, -0.2) is 9.18 Å². The number of anilines is 1. The molecule has 0 bridgehead atoms. The van der Waals surface area contributed by atoms with Crippen molar-refractivity contribution in [2.24, 2.45) is 5.41 Å². The molecule has 3 aliphatic heterocycles. The Kier molecular flexibility index (Phi) is 8.93. The average molecular weight is 626 g/mol. The van der Waals surface area contributed by atoms with E-state index in [9.17, 15) is 23.9 Å². The molecule has 0 saturated carbocycles. The van der Waals surface area contributed by atoms with Gasteiger partial charge in [0.25, 0.3) is 5.56 Å². The molecular formula is C34H48FN5O5. The molecule has 2 saturated heterocycles. The van der Waals surface area contributed by atoms with Gasteiger partial charge in [-0.15, -0.1) is 0 Å². The topological polar surface area (TPSA) is 109 Å². The number of hydrogen-bond acceptors (Lipinski definition) is 6. The second-order valence-corrected chi connectivity index (χ2v) is 14.9. The van der Waals surface area contributed by atoms with Gasteiger partial charge in [-0.1, -0.05) is 46.8 Å². The lowest BCUT2D eigenvalue weighted by Crippen LogP contribution is -2.72. The number of morpholine rings is 1. The van der Waals surface area contributed by atoms with Crippen LogP contribution < -0.4 is 10.5 Å². The molecule has 0 radical (unpaired) electrons. The number of amides is 2. The maximum Gasteiger partial charge on any atom is 0.407 e. The van der Waals surface area contributed by atoms with Crippen LogP contribution in [0.3, 0.4) is 0 Å². The Labute approximate surface area is 265 Å². The summed E-state index contributed by atoms with van der Waals surface area (Å²) >= 11 is 0. The third-order valence-corrected chi connectivity index (χ3v) is 10.4. The molecule has 2 amide bonds. The molecule has 10 nitrogen and oxygen atoms in total. The first-order valence-corrected chi connectivity index (χ1v) is 15.9. The van der Waals surface area contributed by atoms with E-state index >= 15 is 0 Å². The second kappa shape index (κ2) is 12.1. The summed E-state index contributed by atoms with van der Waals surface area (Å²) in [6.45, 7) is 18.1. The van der Waals surface area contributed by atoms with E-state index in [2.05, 4.69) is 21.7 Å². The summed E-state index contributed by atoms with van der Waals surface area (Å²) in [5.74, 6) is -0.435. The van der Waals surface area contributed by atoms with Crippen LogP contribution in [-0.4, -0.2) is 107 Å². The number of carboxylic acid groups (broad SMARTS) is 1.